The average molecular weight is 167 g/mol. The van der Waals surface area contributed by atoms with E-state index in [1.807, 2.05) is 0 Å². The molecule has 1 nitrogen and oxygen atoms in total. The van der Waals surface area contributed by atoms with Crippen LogP contribution < -0.4 is 5.14 Å². The van der Waals surface area contributed by atoms with Crippen molar-refractivity contribution < 1.29 is 8.78 Å². The number of hydrogen-bond acceptors (Lipinski definition) is 2. The molecule has 0 radical (unpaired) electrons. The van der Waals surface area contributed by atoms with Crippen molar-refractivity contribution in [2.75, 3.05) is 0 Å². The van der Waals surface area contributed by atoms with E-state index in [2.05, 4.69) is 0 Å². The lowest BCUT2D eigenvalue weighted by molar-refractivity contribution is -0.0323. The van der Waals surface area contributed by atoms with Gasteiger partial charge in [-0.1, -0.05) is 11.9 Å². The summed E-state index contributed by atoms with van der Waals surface area (Å²) in [5.74, 6) is -2.41. The minimum Gasteiger partial charge on any atom is -0.278 e. The maximum atomic E-state index is 12.5. The van der Waals surface area contributed by atoms with Gasteiger partial charge in [-0.25, -0.2) is 8.78 Å². The van der Waals surface area contributed by atoms with E-state index in [0.29, 0.717) is 12.8 Å². The van der Waals surface area contributed by atoms with Gasteiger partial charge in [-0.2, -0.15) is 0 Å². The number of halogens is 2. The van der Waals surface area contributed by atoms with Crippen molar-refractivity contribution >= 4 is 11.9 Å². The Bertz CT molecular complexity index is 108. The van der Waals surface area contributed by atoms with E-state index in [4.69, 9.17) is 5.14 Å². The summed E-state index contributed by atoms with van der Waals surface area (Å²) in [5, 5.41) is 5.53. The van der Waals surface area contributed by atoms with Crippen LogP contribution in [0.25, 0.3) is 0 Å². The zero-order valence-electron chi connectivity index (χ0n) is 5.65. The van der Waals surface area contributed by atoms with Crippen LogP contribution in [0, 0.1) is 0 Å². The summed E-state index contributed by atoms with van der Waals surface area (Å²) in [6.45, 7) is 0. The van der Waals surface area contributed by atoms with Gasteiger partial charge in [-0.15, -0.1) is 0 Å². The molecular weight excluding hydrogens is 156 g/mol. The molecule has 0 aromatic rings. The minimum atomic E-state index is -2.41. The normalized spacial score (nSPS) is 26.7. The van der Waals surface area contributed by atoms with E-state index < -0.39 is 5.92 Å². The Morgan fingerprint density at radius 3 is 2.20 bits per heavy atom. The van der Waals surface area contributed by atoms with Gasteiger partial charge in [0.05, 0.1) is 0 Å². The third-order valence-corrected chi connectivity index (χ3v) is 2.71. The topological polar surface area (TPSA) is 26.0 Å². The summed E-state index contributed by atoms with van der Waals surface area (Å²) >= 11 is 1.21. The zero-order chi connectivity index (χ0) is 7.61. The Labute approximate surface area is 63.5 Å². The average Bonchev–Trinajstić information content (AvgIpc) is 1.88. The maximum Gasteiger partial charge on any atom is 0.248 e. The van der Waals surface area contributed by atoms with Crippen molar-refractivity contribution in [3.05, 3.63) is 0 Å². The van der Waals surface area contributed by atoms with Crippen LogP contribution in [-0.2, 0) is 0 Å². The predicted molar refractivity (Wildman–Crippen MR) is 39.0 cm³/mol. The van der Waals surface area contributed by atoms with Crippen molar-refractivity contribution in [1.29, 1.82) is 0 Å². The van der Waals surface area contributed by atoms with Crippen molar-refractivity contribution in [2.24, 2.45) is 5.14 Å². The molecule has 0 atom stereocenters. The van der Waals surface area contributed by atoms with Gasteiger partial charge in [-0.3, -0.25) is 5.14 Å². The largest absolute Gasteiger partial charge is 0.278 e. The Balaban J connectivity index is 2.31. The van der Waals surface area contributed by atoms with E-state index >= 15 is 0 Å². The van der Waals surface area contributed by atoms with E-state index in [0.717, 1.165) is 0 Å². The molecule has 1 aliphatic carbocycles. The monoisotopic (exact) mass is 167 g/mol. The summed E-state index contributed by atoms with van der Waals surface area (Å²) in [4.78, 5) is 0. The molecule has 0 amide bonds. The fourth-order valence-corrected chi connectivity index (χ4v) is 1.66. The Morgan fingerprint density at radius 1 is 1.30 bits per heavy atom. The fourth-order valence-electron chi connectivity index (χ4n) is 1.15. The highest BCUT2D eigenvalue weighted by Gasteiger charge is 2.34. The SMILES string of the molecule is NSC1CCC(F)(F)CC1. The van der Waals surface area contributed by atoms with Gasteiger partial charge in [0.25, 0.3) is 0 Å². The molecule has 0 bridgehead atoms. The molecule has 0 heterocycles. The zero-order valence-corrected chi connectivity index (χ0v) is 6.46. The first-order valence-electron chi connectivity index (χ1n) is 3.37. The van der Waals surface area contributed by atoms with E-state index in [1.165, 1.54) is 11.9 Å². The van der Waals surface area contributed by atoms with Gasteiger partial charge in [0.1, 0.15) is 0 Å². The van der Waals surface area contributed by atoms with Gasteiger partial charge in [-0.05, 0) is 12.8 Å². The van der Waals surface area contributed by atoms with Crippen LogP contribution in [0.1, 0.15) is 25.7 Å². The van der Waals surface area contributed by atoms with E-state index in [9.17, 15) is 8.78 Å². The number of hydrogen-bond donors (Lipinski definition) is 1. The van der Waals surface area contributed by atoms with Gasteiger partial charge in [0, 0.05) is 18.1 Å². The Morgan fingerprint density at radius 2 is 1.80 bits per heavy atom. The second-order valence-electron chi connectivity index (χ2n) is 2.69. The smallest absolute Gasteiger partial charge is 0.248 e. The standard InChI is InChI=1S/C6H11F2NS/c7-6(8)3-1-5(10-9)2-4-6/h5H,1-4,9H2. The molecule has 0 unspecified atom stereocenters. The molecule has 2 N–H and O–H groups in total. The second kappa shape index (κ2) is 3.05. The minimum absolute atomic E-state index is 0.0157. The van der Waals surface area contributed by atoms with Crippen LogP contribution in [0.2, 0.25) is 0 Å². The first-order valence-corrected chi connectivity index (χ1v) is 4.32. The molecule has 60 valence electrons. The summed E-state index contributed by atoms with van der Waals surface area (Å²) < 4.78 is 24.9. The van der Waals surface area contributed by atoms with Crippen molar-refractivity contribution in [2.45, 2.75) is 36.9 Å². The summed E-state index contributed by atoms with van der Waals surface area (Å²) in [5.41, 5.74) is 0. The summed E-state index contributed by atoms with van der Waals surface area (Å²) in [6.07, 6.45) is 1.16. The molecule has 1 aliphatic rings. The molecule has 0 aliphatic heterocycles. The van der Waals surface area contributed by atoms with Crippen LogP contribution >= 0.6 is 11.9 Å². The van der Waals surface area contributed by atoms with E-state index in [1.54, 1.807) is 0 Å². The lowest BCUT2D eigenvalue weighted by atomic mass is 9.96. The predicted octanol–water partition coefficient (Wildman–Crippen LogP) is 2.17. The lowest BCUT2D eigenvalue weighted by Crippen LogP contribution is -2.26. The molecule has 4 heteroatoms. The molecule has 0 spiro atoms. The van der Waals surface area contributed by atoms with Gasteiger partial charge < -0.3 is 0 Å². The molecule has 1 saturated carbocycles. The first kappa shape index (κ1) is 8.27. The third kappa shape index (κ3) is 2.09. The molecule has 10 heavy (non-hydrogen) atoms. The van der Waals surface area contributed by atoms with Crippen molar-refractivity contribution in [3.63, 3.8) is 0 Å². The van der Waals surface area contributed by atoms with Crippen LogP contribution in [0.3, 0.4) is 0 Å². The molecule has 0 saturated heterocycles. The van der Waals surface area contributed by atoms with Crippen LogP contribution in [-0.4, -0.2) is 11.2 Å². The Hall–Kier alpha value is 0.170. The lowest BCUT2D eigenvalue weighted by Gasteiger charge is -2.26. The van der Waals surface area contributed by atoms with Crippen LogP contribution in [0.4, 0.5) is 8.78 Å². The third-order valence-electron chi connectivity index (χ3n) is 1.86. The number of rotatable bonds is 1. The molecule has 0 aromatic carbocycles. The number of alkyl halides is 2. The van der Waals surface area contributed by atoms with Gasteiger partial charge in [0.2, 0.25) is 5.92 Å². The van der Waals surface area contributed by atoms with Gasteiger partial charge >= 0.3 is 0 Å². The highest BCUT2D eigenvalue weighted by atomic mass is 32.2. The van der Waals surface area contributed by atoms with E-state index in [-0.39, 0.29) is 18.1 Å². The molecule has 0 aromatic heterocycles. The fraction of sp³-hybridized carbons (Fsp3) is 1.00. The van der Waals surface area contributed by atoms with Gasteiger partial charge in [0.15, 0.2) is 0 Å². The highest BCUT2D eigenvalue weighted by Crippen LogP contribution is 2.36. The van der Waals surface area contributed by atoms with Crippen LogP contribution in [0.5, 0.6) is 0 Å². The summed E-state index contributed by atoms with van der Waals surface area (Å²) in [6, 6.07) is 0. The second-order valence-corrected chi connectivity index (χ2v) is 3.63. The van der Waals surface area contributed by atoms with Crippen molar-refractivity contribution in [1.82, 2.24) is 0 Å². The Kier molecular flexibility index (Phi) is 2.52. The van der Waals surface area contributed by atoms with Crippen molar-refractivity contribution in [3.8, 4) is 0 Å². The van der Waals surface area contributed by atoms with Crippen LogP contribution in [0.15, 0.2) is 0 Å². The summed E-state index contributed by atoms with van der Waals surface area (Å²) in [7, 11) is 0. The quantitative estimate of drug-likeness (QED) is 0.606. The molecule has 1 fully saturated rings. The first-order chi connectivity index (χ1) is 4.64. The molecular formula is C6H11F2NS. The maximum absolute atomic E-state index is 12.5. The number of nitrogens with two attached hydrogens (primary N) is 1. The highest BCUT2D eigenvalue weighted by molar-refractivity contribution is 7.97. The molecule has 1 rings (SSSR count).